The molecule has 1 aromatic heterocycles. The second-order valence-corrected chi connectivity index (χ2v) is 3.44. The maximum Gasteiger partial charge on any atom is 0.326 e. The maximum atomic E-state index is 11.5. The molecule has 5 nitrogen and oxygen atoms in total. The molecule has 1 aromatic rings. The van der Waals surface area contributed by atoms with Gasteiger partial charge in [-0.15, -0.1) is 0 Å². The summed E-state index contributed by atoms with van der Waals surface area (Å²) in [6, 6.07) is 0.561. The van der Waals surface area contributed by atoms with E-state index in [1.165, 1.54) is 12.3 Å². The van der Waals surface area contributed by atoms with Crippen molar-refractivity contribution in [2.45, 2.75) is 19.4 Å². The molecule has 0 bridgehead atoms. The fraction of sp³-hybridized carbons (Fsp3) is 0.333. The number of rotatable bonds is 4. The van der Waals surface area contributed by atoms with Crippen LogP contribution in [0.2, 0.25) is 5.02 Å². The largest absolute Gasteiger partial charge is 0.480 e. The van der Waals surface area contributed by atoms with Gasteiger partial charge in [-0.05, 0) is 12.5 Å². The second-order valence-electron chi connectivity index (χ2n) is 3.00. The molecule has 1 amide bonds. The summed E-state index contributed by atoms with van der Waals surface area (Å²) >= 11 is 5.61. The quantitative estimate of drug-likeness (QED) is 0.728. The first-order chi connectivity index (χ1) is 7.04. The number of amides is 1. The zero-order valence-electron chi connectivity index (χ0n) is 8.08. The number of H-pyrrole nitrogens is 1. The van der Waals surface area contributed by atoms with Gasteiger partial charge in [0.15, 0.2) is 0 Å². The molecule has 0 aliphatic carbocycles. The zero-order chi connectivity index (χ0) is 11.4. The molecule has 6 heteroatoms. The molecule has 15 heavy (non-hydrogen) atoms. The van der Waals surface area contributed by atoms with Crippen molar-refractivity contribution in [2.75, 3.05) is 0 Å². The molecule has 0 radical (unpaired) electrons. The molecule has 0 saturated heterocycles. The lowest BCUT2D eigenvalue weighted by Gasteiger charge is -2.10. The van der Waals surface area contributed by atoms with E-state index in [1.807, 2.05) is 0 Å². The lowest BCUT2D eigenvalue weighted by Crippen LogP contribution is -2.40. The van der Waals surface area contributed by atoms with E-state index in [0.717, 1.165) is 0 Å². The Labute approximate surface area is 91.4 Å². The van der Waals surface area contributed by atoms with E-state index < -0.39 is 17.9 Å². The van der Waals surface area contributed by atoms with Gasteiger partial charge in [0.25, 0.3) is 5.91 Å². The van der Waals surface area contributed by atoms with Crippen molar-refractivity contribution in [2.24, 2.45) is 0 Å². The van der Waals surface area contributed by atoms with Crippen LogP contribution in [0.4, 0.5) is 0 Å². The molecule has 1 rings (SSSR count). The highest BCUT2D eigenvalue weighted by atomic mass is 35.5. The first kappa shape index (κ1) is 11.6. The smallest absolute Gasteiger partial charge is 0.326 e. The number of aromatic nitrogens is 1. The maximum absolute atomic E-state index is 11.5. The molecule has 82 valence electrons. The fourth-order valence-electron chi connectivity index (χ4n) is 1.07. The number of hydrogen-bond acceptors (Lipinski definition) is 2. The minimum absolute atomic E-state index is 0.250. The highest BCUT2D eigenvalue weighted by Gasteiger charge is 2.18. The zero-order valence-corrected chi connectivity index (χ0v) is 8.84. The Morgan fingerprint density at radius 3 is 2.73 bits per heavy atom. The van der Waals surface area contributed by atoms with E-state index in [1.54, 1.807) is 6.92 Å². The number of carbonyl (C=O) groups is 2. The van der Waals surface area contributed by atoms with Gasteiger partial charge in [-0.2, -0.15) is 0 Å². The van der Waals surface area contributed by atoms with Crippen LogP contribution < -0.4 is 5.32 Å². The van der Waals surface area contributed by atoms with Gasteiger partial charge in [0.05, 0.1) is 5.02 Å². The van der Waals surface area contributed by atoms with Crippen LogP contribution in [0.3, 0.4) is 0 Å². The van der Waals surface area contributed by atoms with E-state index in [2.05, 4.69) is 10.3 Å². The number of nitrogens with one attached hydrogen (secondary N) is 2. The van der Waals surface area contributed by atoms with Crippen LogP contribution in [-0.4, -0.2) is 28.0 Å². The van der Waals surface area contributed by atoms with Crippen LogP contribution in [0.15, 0.2) is 12.3 Å². The summed E-state index contributed by atoms with van der Waals surface area (Å²) in [5.41, 5.74) is 0.250. The summed E-state index contributed by atoms with van der Waals surface area (Å²) in [7, 11) is 0. The van der Waals surface area contributed by atoms with Crippen LogP contribution >= 0.6 is 11.6 Å². The lowest BCUT2D eigenvalue weighted by atomic mass is 10.2. The number of aliphatic carboxylic acids is 1. The van der Waals surface area contributed by atoms with Gasteiger partial charge < -0.3 is 15.4 Å². The Kier molecular flexibility index (Phi) is 3.74. The Bertz CT molecular complexity index is 375. The molecule has 0 fully saturated rings. The van der Waals surface area contributed by atoms with E-state index in [0.29, 0.717) is 11.4 Å². The second kappa shape index (κ2) is 4.84. The first-order valence-electron chi connectivity index (χ1n) is 4.42. The minimum atomic E-state index is -1.05. The summed E-state index contributed by atoms with van der Waals surface area (Å²) < 4.78 is 0. The predicted molar refractivity (Wildman–Crippen MR) is 55.0 cm³/mol. The SMILES string of the molecule is CC[C@H](NC(=O)c1cc(Cl)c[nH]1)C(=O)O. The van der Waals surface area contributed by atoms with Crippen molar-refractivity contribution in [3.05, 3.63) is 23.0 Å². The van der Waals surface area contributed by atoms with Gasteiger partial charge >= 0.3 is 5.97 Å². The summed E-state index contributed by atoms with van der Waals surface area (Å²) in [5, 5.41) is 11.5. The van der Waals surface area contributed by atoms with Gasteiger partial charge in [0, 0.05) is 6.20 Å². The van der Waals surface area contributed by atoms with Gasteiger partial charge in [-0.3, -0.25) is 4.79 Å². The Morgan fingerprint density at radius 1 is 1.67 bits per heavy atom. The molecule has 0 spiro atoms. The summed E-state index contributed by atoms with van der Waals surface area (Å²) in [6.45, 7) is 1.68. The molecule has 1 atom stereocenters. The van der Waals surface area contributed by atoms with Crippen molar-refractivity contribution in [1.29, 1.82) is 0 Å². The number of carboxylic acid groups (broad SMARTS) is 1. The molecule has 0 aromatic carbocycles. The molecule has 0 aliphatic rings. The predicted octanol–water partition coefficient (Wildman–Crippen LogP) is 1.26. The van der Waals surface area contributed by atoms with Gasteiger partial charge in [0.1, 0.15) is 11.7 Å². The molecule has 3 N–H and O–H groups in total. The van der Waals surface area contributed by atoms with Crippen molar-refractivity contribution in [1.82, 2.24) is 10.3 Å². The average Bonchev–Trinajstić information content (AvgIpc) is 2.60. The van der Waals surface area contributed by atoms with Crippen molar-refractivity contribution >= 4 is 23.5 Å². The number of hydrogen-bond donors (Lipinski definition) is 3. The molecule has 0 aliphatic heterocycles. The molecule has 0 unspecified atom stereocenters. The standard InChI is InChI=1S/C9H11ClN2O3/c1-2-6(9(14)15)12-8(13)7-3-5(10)4-11-7/h3-4,6,11H,2H2,1H3,(H,12,13)(H,14,15)/t6-/m0/s1. The monoisotopic (exact) mass is 230 g/mol. The Balaban J connectivity index is 2.66. The highest BCUT2D eigenvalue weighted by molar-refractivity contribution is 6.30. The number of halogens is 1. The summed E-state index contributed by atoms with van der Waals surface area (Å²) in [4.78, 5) is 24.8. The van der Waals surface area contributed by atoms with E-state index in [-0.39, 0.29) is 5.69 Å². The van der Waals surface area contributed by atoms with Crippen molar-refractivity contribution < 1.29 is 14.7 Å². The van der Waals surface area contributed by atoms with Gasteiger partial charge in [0.2, 0.25) is 0 Å². The third-order valence-corrected chi connectivity index (χ3v) is 2.12. The number of carbonyl (C=O) groups excluding carboxylic acids is 1. The van der Waals surface area contributed by atoms with E-state index in [9.17, 15) is 9.59 Å². The lowest BCUT2D eigenvalue weighted by molar-refractivity contribution is -0.139. The summed E-state index contributed by atoms with van der Waals surface area (Å²) in [5.74, 6) is -1.53. The molecule has 1 heterocycles. The fourth-order valence-corrected chi connectivity index (χ4v) is 1.24. The van der Waals surface area contributed by atoms with Gasteiger partial charge in [-0.1, -0.05) is 18.5 Å². The first-order valence-corrected chi connectivity index (χ1v) is 4.80. The molecular formula is C9H11ClN2O3. The molecule has 0 saturated carbocycles. The van der Waals surface area contributed by atoms with Crippen LogP contribution in [0.25, 0.3) is 0 Å². The average molecular weight is 231 g/mol. The number of aromatic amines is 1. The van der Waals surface area contributed by atoms with Crippen LogP contribution in [0.1, 0.15) is 23.8 Å². The van der Waals surface area contributed by atoms with E-state index >= 15 is 0 Å². The Morgan fingerprint density at radius 2 is 2.33 bits per heavy atom. The summed E-state index contributed by atoms with van der Waals surface area (Å²) in [6.07, 6.45) is 1.79. The topological polar surface area (TPSA) is 82.2 Å². The van der Waals surface area contributed by atoms with Crippen molar-refractivity contribution in [3.8, 4) is 0 Å². The number of carboxylic acids is 1. The highest BCUT2D eigenvalue weighted by Crippen LogP contribution is 2.09. The minimum Gasteiger partial charge on any atom is -0.480 e. The van der Waals surface area contributed by atoms with Crippen LogP contribution in [0.5, 0.6) is 0 Å². The third-order valence-electron chi connectivity index (χ3n) is 1.90. The van der Waals surface area contributed by atoms with Crippen LogP contribution in [-0.2, 0) is 4.79 Å². The van der Waals surface area contributed by atoms with Crippen LogP contribution in [0, 0.1) is 0 Å². The van der Waals surface area contributed by atoms with Crippen molar-refractivity contribution in [3.63, 3.8) is 0 Å². The molecular weight excluding hydrogens is 220 g/mol. The third kappa shape index (κ3) is 2.99. The van der Waals surface area contributed by atoms with Gasteiger partial charge in [-0.25, -0.2) is 4.79 Å². The van der Waals surface area contributed by atoms with E-state index in [4.69, 9.17) is 16.7 Å². The normalized spacial score (nSPS) is 12.1. The Hall–Kier alpha value is -1.49.